The van der Waals surface area contributed by atoms with Gasteiger partial charge in [0, 0.05) is 43.6 Å². The zero-order valence-corrected chi connectivity index (χ0v) is 21.2. The van der Waals surface area contributed by atoms with Crippen molar-refractivity contribution in [2.75, 3.05) is 26.7 Å². The maximum Gasteiger partial charge on any atom is 0.271 e. The highest BCUT2D eigenvalue weighted by Gasteiger charge is 2.30. The number of hydrogen-bond donors (Lipinski definition) is 2. The lowest BCUT2D eigenvalue weighted by Crippen LogP contribution is -2.40. The molecule has 1 aliphatic rings. The molecule has 0 radical (unpaired) electrons. The van der Waals surface area contributed by atoms with Gasteiger partial charge in [0.1, 0.15) is 11.5 Å². The van der Waals surface area contributed by atoms with Crippen LogP contribution in [0.3, 0.4) is 0 Å². The molecule has 0 saturated carbocycles. The largest absolute Gasteiger partial charge is 0.506 e. The molecule has 1 atom stereocenters. The van der Waals surface area contributed by atoms with Gasteiger partial charge in [-0.15, -0.1) is 0 Å². The number of hydrazone groups is 1. The van der Waals surface area contributed by atoms with E-state index >= 15 is 0 Å². The second kappa shape index (κ2) is 11.3. The van der Waals surface area contributed by atoms with Gasteiger partial charge in [-0.2, -0.15) is 5.10 Å². The molecule has 1 aliphatic heterocycles. The number of likely N-dealkylation sites (tertiary alicyclic amines) is 1. The predicted octanol–water partition coefficient (Wildman–Crippen LogP) is 3.42. The lowest BCUT2D eigenvalue weighted by Gasteiger charge is -2.23. The van der Waals surface area contributed by atoms with Crippen LogP contribution in [0.25, 0.3) is 10.8 Å². The number of hydrogen-bond acceptors (Lipinski definition) is 6. The Hall–Kier alpha value is -4.11. The number of amides is 3. The van der Waals surface area contributed by atoms with Crippen LogP contribution in [0.5, 0.6) is 11.5 Å². The first-order chi connectivity index (χ1) is 17.7. The van der Waals surface area contributed by atoms with Gasteiger partial charge in [0.15, 0.2) is 6.61 Å². The first-order valence-electron chi connectivity index (χ1n) is 11.7. The Kier molecular flexibility index (Phi) is 7.93. The number of ether oxygens (including phenoxy) is 1. The van der Waals surface area contributed by atoms with Gasteiger partial charge in [0.25, 0.3) is 11.8 Å². The van der Waals surface area contributed by atoms with E-state index < -0.39 is 5.91 Å². The zero-order valence-electron chi connectivity index (χ0n) is 20.5. The minimum Gasteiger partial charge on any atom is -0.506 e. The molecule has 0 spiro atoms. The topological polar surface area (TPSA) is 112 Å². The Morgan fingerprint density at radius 3 is 2.68 bits per heavy atom. The molecule has 4 rings (SSSR count). The maximum absolute atomic E-state index is 12.7. The minimum absolute atomic E-state index is 0.0186. The Morgan fingerprint density at radius 1 is 1.19 bits per heavy atom. The number of aromatic hydroxyl groups is 1. The number of phenols is 1. The Labute approximate surface area is 219 Å². The van der Waals surface area contributed by atoms with Crippen molar-refractivity contribution in [2.45, 2.75) is 19.4 Å². The van der Waals surface area contributed by atoms with Crippen molar-refractivity contribution >= 4 is 46.3 Å². The van der Waals surface area contributed by atoms with Crippen molar-refractivity contribution in [1.82, 2.24) is 15.2 Å². The van der Waals surface area contributed by atoms with Crippen LogP contribution in [0.1, 0.15) is 29.3 Å². The van der Waals surface area contributed by atoms with E-state index in [1.807, 2.05) is 24.3 Å². The monoisotopic (exact) mass is 522 g/mol. The molecule has 10 heteroatoms. The summed E-state index contributed by atoms with van der Waals surface area (Å²) in [7, 11) is 1.75. The third kappa shape index (κ3) is 6.00. The fourth-order valence-corrected chi connectivity index (χ4v) is 4.36. The van der Waals surface area contributed by atoms with Crippen molar-refractivity contribution in [2.24, 2.45) is 5.10 Å². The molecule has 1 heterocycles. The van der Waals surface area contributed by atoms with Crippen LogP contribution in [-0.4, -0.2) is 71.6 Å². The molecule has 3 amide bonds. The van der Waals surface area contributed by atoms with Gasteiger partial charge < -0.3 is 19.6 Å². The van der Waals surface area contributed by atoms with Gasteiger partial charge in [0.05, 0.1) is 17.3 Å². The number of phenolic OH excluding ortho intramolecular Hbond substituents is 1. The maximum atomic E-state index is 12.7. The van der Waals surface area contributed by atoms with Crippen molar-refractivity contribution < 1.29 is 24.2 Å². The normalized spacial score (nSPS) is 15.2. The summed E-state index contributed by atoms with van der Waals surface area (Å²) < 4.78 is 5.89. The van der Waals surface area contributed by atoms with Gasteiger partial charge in [-0.25, -0.2) is 5.43 Å². The average Bonchev–Trinajstić information content (AvgIpc) is 3.39. The van der Waals surface area contributed by atoms with Gasteiger partial charge in [0.2, 0.25) is 5.91 Å². The smallest absolute Gasteiger partial charge is 0.271 e. The third-order valence-corrected chi connectivity index (χ3v) is 6.71. The molecule has 192 valence electrons. The molecular formula is C27H27ClN4O5. The highest BCUT2D eigenvalue weighted by Crippen LogP contribution is 2.28. The quantitative estimate of drug-likeness (QED) is 0.365. The summed E-state index contributed by atoms with van der Waals surface area (Å²) in [6.07, 6.45) is 2.27. The van der Waals surface area contributed by atoms with Crippen LogP contribution in [0.4, 0.5) is 0 Å². The van der Waals surface area contributed by atoms with E-state index in [4.69, 9.17) is 16.3 Å². The molecular weight excluding hydrogens is 496 g/mol. The van der Waals surface area contributed by atoms with Crippen molar-refractivity contribution in [3.63, 3.8) is 0 Å². The fraction of sp³-hybridized carbons (Fsp3) is 0.259. The highest BCUT2D eigenvalue weighted by atomic mass is 35.5. The summed E-state index contributed by atoms with van der Waals surface area (Å²) in [4.78, 5) is 40.1. The van der Waals surface area contributed by atoms with Crippen LogP contribution in [0.2, 0.25) is 5.02 Å². The molecule has 0 aromatic heterocycles. The third-order valence-electron chi connectivity index (χ3n) is 6.41. The van der Waals surface area contributed by atoms with Crippen LogP contribution in [0, 0.1) is 0 Å². The number of fused-ring (bicyclic) bond motifs is 1. The second-order valence-electron chi connectivity index (χ2n) is 8.76. The summed E-state index contributed by atoms with van der Waals surface area (Å²) in [6.45, 7) is 2.49. The second-order valence-corrected chi connectivity index (χ2v) is 9.17. The number of benzene rings is 3. The molecule has 1 saturated heterocycles. The molecule has 0 bridgehead atoms. The number of rotatable bonds is 7. The fourth-order valence-electron chi connectivity index (χ4n) is 4.18. The van der Waals surface area contributed by atoms with Crippen molar-refractivity contribution in [3.05, 3.63) is 70.7 Å². The first-order valence-corrected chi connectivity index (χ1v) is 12.1. The number of carbonyl (C=O) groups excluding carboxylic acids is 3. The van der Waals surface area contributed by atoms with Crippen molar-refractivity contribution in [1.29, 1.82) is 0 Å². The number of carbonyl (C=O) groups is 3. The van der Waals surface area contributed by atoms with E-state index in [-0.39, 0.29) is 40.8 Å². The number of likely N-dealkylation sites (N-methyl/N-ethyl adjacent to an activating group) is 1. The predicted molar refractivity (Wildman–Crippen MR) is 141 cm³/mol. The molecule has 1 unspecified atom stereocenters. The molecule has 3 aromatic carbocycles. The number of halogens is 1. The molecule has 0 aliphatic carbocycles. The highest BCUT2D eigenvalue weighted by molar-refractivity contribution is 6.32. The zero-order chi connectivity index (χ0) is 26.5. The summed E-state index contributed by atoms with van der Waals surface area (Å²) in [5, 5.41) is 15.3. The first kappa shape index (κ1) is 26.0. The lowest BCUT2D eigenvalue weighted by atomic mass is 10.0. The SMILES string of the molecule is CC(=O)N(C)C1CCN(C(=O)COc2ccc(C=NNC(=O)c3ccc(O)c(Cl)c3)c3ccccc23)C1. The van der Waals surface area contributed by atoms with E-state index in [1.165, 1.54) is 31.3 Å². The van der Waals surface area contributed by atoms with Gasteiger partial charge >= 0.3 is 0 Å². The van der Waals surface area contributed by atoms with Crippen LogP contribution in [-0.2, 0) is 9.59 Å². The minimum atomic E-state index is -0.473. The summed E-state index contributed by atoms with van der Waals surface area (Å²) in [5.41, 5.74) is 3.45. The van der Waals surface area contributed by atoms with Crippen molar-refractivity contribution in [3.8, 4) is 11.5 Å². The van der Waals surface area contributed by atoms with Gasteiger partial charge in [-0.1, -0.05) is 35.9 Å². The Balaban J connectivity index is 1.41. The van der Waals surface area contributed by atoms with Gasteiger partial charge in [-0.3, -0.25) is 14.4 Å². The van der Waals surface area contributed by atoms with Crippen LogP contribution in [0.15, 0.2) is 59.7 Å². The van der Waals surface area contributed by atoms with Crippen LogP contribution >= 0.6 is 11.6 Å². The standard InChI is InChI=1S/C27H27ClN4O5/c1-17(33)31(2)20-11-12-32(15-20)26(35)16-37-25-10-8-19(21-5-3-4-6-22(21)25)14-29-30-27(36)18-7-9-24(34)23(28)13-18/h3-10,13-14,20,34H,11-12,15-16H2,1-2H3,(H,30,36). The molecule has 37 heavy (non-hydrogen) atoms. The number of nitrogens with zero attached hydrogens (tertiary/aromatic N) is 3. The molecule has 9 nitrogen and oxygen atoms in total. The summed E-state index contributed by atoms with van der Waals surface area (Å²) >= 11 is 5.86. The Morgan fingerprint density at radius 2 is 1.95 bits per heavy atom. The van der Waals surface area contributed by atoms with Gasteiger partial charge in [-0.05, 0) is 42.1 Å². The van der Waals surface area contributed by atoms with E-state index in [0.29, 0.717) is 18.8 Å². The molecule has 2 N–H and O–H groups in total. The van der Waals surface area contributed by atoms with E-state index in [9.17, 15) is 19.5 Å². The van der Waals surface area contributed by atoms with E-state index in [1.54, 1.807) is 29.0 Å². The van der Waals surface area contributed by atoms with E-state index in [2.05, 4.69) is 10.5 Å². The number of nitrogens with one attached hydrogen (secondary N) is 1. The van der Waals surface area contributed by atoms with Crippen LogP contribution < -0.4 is 10.2 Å². The molecule has 3 aromatic rings. The lowest BCUT2D eigenvalue weighted by molar-refractivity contribution is -0.134. The Bertz CT molecular complexity index is 1380. The summed E-state index contributed by atoms with van der Waals surface area (Å²) in [5.74, 6) is -0.177. The molecule has 1 fully saturated rings. The average molecular weight is 523 g/mol. The summed E-state index contributed by atoms with van der Waals surface area (Å²) in [6, 6.07) is 15.2. The van der Waals surface area contributed by atoms with E-state index in [0.717, 1.165) is 22.8 Å².